The number of benzene rings is 1. The minimum absolute atomic E-state index is 0.319. The molecule has 3 fully saturated rings. The fourth-order valence-electron chi connectivity index (χ4n) is 3.62. The van der Waals surface area contributed by atoms with Gasteiger partial charge < -0.3 is 28.4 Å². The molecule has 0 bridgehead atoms. The van der Waals surface area contributed by atoms with Crippen molar-refractivity contribution in [3.8, 4) is 0 Å². The number of hydrogen-bond donors (Lipinski definition) is 1. The van der Waals surface area contributed by atoms with Crippen LogP contribution >= 0.6 is 11.6 Å². The minimum Gasteiger partial charge on any atom is -0.440 e. The van der Waals surface area contributed by atoms with E-state index in [2.05, 4.69) is 5.32 Å². The van der Waals surface area contributed by atoms with Gasteiger partial charge in [-0.1, -0.05) is 11.6 Å². The number of halogens is 1. The molecule has 3 heterocycles. The van der Waals surface area contributed by atoms with Crippen molar-refractivity contribution in [1.82, 2.24) is 0 Å². The van der Waals surface area contributed by atoms with Gasteiger partial charge in [0.15, 0.2) is 30.1 Å². The molecule has 0 saturated carbocycles. The van der Waals surface area contributed by atoms with Gasteiger partial charge in [0.05, 0.1) is 6.61 Å². The van der Waals surface area contributed by atoms with Crippen LogP contribution in [-0.2, 0) is 28.4 Å². The summed E-state index contributed by atoms with van der Waals surface area (Å²) < 4.78 is 35.0. The molecule has 1 aromatic carbocycles. The molecule has 8 nitrogen and oxygen atoms in total. The van der Waals surface area contributed by atoms with Gasteiger partial charge in [-0.3, -0.25) is 5.32 Å². The standard InChI is InChI=1S/C19H24ClNO7/c1-18(2)23-9-12(26-18)13-14(15-16(24-13)28-19(3,4)27-15)25-17(22)21-11-7-5-10(20)6-8-11/h5-8,12-16H,9H2,1-4H3,(H,21,22)/t12?,13-,14+,15-,16-/m1/s1. The molecule has 154 valence electrons. The first kappa shape index (κ1) is 19.9. The number of amides is 1. The second-order valence-corrected chi connectivity index (χ2v) is 8.37. The molecular weight excluding hydrogens is 390 g/mol. The van der Waals surface area contributed by atoms with Crippen molar-refractivity contribution in [2.45, 2.75) is 70.0 Å². The lowest BCUT2D eigenvalue weighted by molar-refractivity contribution is -0.231. The number of nitrogens with one attached hydrogen (secondary N) is 1. The lowest BCUT2D eigenvalue weighted by Crippen LogP contribution is -2.45. The fourth-order valence-corrected chi connectivity index (χ4v) is 3.74. The topological polar surface area (TPSA) is 84.5 Å². The van der Waals surface area contributed by atoms with E-state index >= 15 is 0 Å². The van der Waals surface area contributed by atoms with Gasteiger partial charge in [0.2, 0.25) is 0 Å². The molecule has 28 heavy (non-hydrogen) atoms. The van der Waals surface area contributed by atoms with Crippen molar-refractivity contribution >= 4 is 23.4 Å². The summed E-state index contributed by atoms with van der Waals surface area (Å²) in [5.41, 5.74) is 0.562. The van der Waals surface area contributed by atoms with Crippen LogP contribution in [0.1, 0.15) is 27.7 Å². The van der Waals surface area contributed by atoms with Crippen LogP contribution in [0, 0.1) is 0 Å². The van der Waals surface area contributed by atoms with Gasteiger partial charge in [-0.25, -0.2) is 4.79 Å². The molecule has 4 rings (SSSR count). The number of carbonyl (C=O) groups excluding carboxylic acids is 1. The van der Waals surface area contributed by atoms with E-state index in [-0.39, 0.29) is 0 Å². The number of hydrogen-bond acceptors (Lipinski definition) is 7. The Morgan fingerprint density at radius 1 is 1.07 bits per heavy atom. The van der Waals surface area contributed by atoms with Crippen LogP contribution in [0.2, 0.25) is 5.02 Å². The second kappa shape index (κ2) is 7.12. The second-order valence-electron chi connectivity index (χ2n) is 7.94. The molecule has 9 heteroatoms. The van der Waals surface area contributed by atoms with E-state index in [0.29, 0.717) is 17.3 Å². The maximum Gasteiger partial charge on any atom is 0.412 e. The van der Waals surface area contributed by atoms with Crippen LogP contribution in [0.3, 0.4) is 0 Å². The highest BCUT2D eigenvalue weighted by atomic mass is 35.5. The molecule has 0 radical (unpaired) electrons. The molecule has 1 aromatic rings. The smallest absolute Gasteiger partial charge is 0.412 e. The van der Waals surface area contributed by atoms with Crippen molar-refractivity contribution in [3.63, 3.8) is 0 Å². The SMILES string of the molecule is CC1(C)OCC([C@H]2O[C@@H]3OC(C)(C)O[C@@H]3[C@H]2OC(=O)Nc2ccc(Cl)cc2)O1. The van der Waals surface area contributed by atoms with E-state index in [1.165, 1.54) is 0 Å². The lowest BCUT2D eigenvalue weighted by atomic mass is 10.1. The van der Waals surface area contributed by atoms with E-state index in [0.717, 1.165) is 0 Å². The van der Waals surface area contributed by atoms with Crippen molar-refractivity contribution < 1.29 is 33.2 Å². The van der Waals surface area contributed by atoms with Gasteiger partial charge in [-0.15, -0.1) is 0 Å². The number of rotatable bonds is 3. The molecule has 0 aliphatic carbocycles. The maximum atomic E-state index is 12.5. The molecule has 0 aromatic heterocycles. The summed E-state index contributed by atoms with van der Waals surface area (Å²) in [4.78, 5) is 12.5. The zero-order chi connectivity index (χ0) is 20.1. The Morgan fingerprint density at radius 2 is 1.79 bits per heavy atom. The summed E-state index contributed by atoms with van der Waals surface area (Å²) >= 11 is 5.87. The number of fused-ring (bicyclic) bond motifs is 1. The highest BCUT2D eigenvalue weighted by Gasteiger charge is 2.60. The molecule has 0 spiro atoms. The molecule has 3 saturated heterocycles. The van der Waals surface area contributed by atoms with Crippen LogP contribution in [-0.4, -0.2) is 55.0 Å². The van der Waals surface area contributed by atoms with Crippen molar-refractivity contribution in [2.24, 2.45) is 0 Å². The zero-order valence-corrected chi connectivity index (χ0v) is 16.9. The minimum atomic E-state index is -0.832. The highest BCUT2D eigenvalue weighted by Crippen LogP contribution is 2.42. The summed E-state index contributed by atoms with van der Waals surface area (Å²) in [6, 6.07) is 6.72. The van der Waals surface area contributed by atoms with Gasteiger partial charge in [-0.2, -0.15) is 0 Å². The Bertz CT molecular complexity index is 738. The lowest BCUT2D eigenvalue weighted by Gasteiger charge is -2.28. The Morgan fingerprint density at radius 3 is 2.43 bits per heavy atom. The third-order valence-corrected chi connectivity index (χ3v) is 5.01. The molecule has 5 atom stereocenters. The third kappa shape index (κ3) is 4.12. The first-order chi connectivity index (χ1) is 13.1. The van der Waals surface area contributed by atoms with E-state index in [9.17, 15) is 4.79 Å². The van der Waals surface area contributed by atoms with E-state index < -0.39 is 48.4 Å². The molecule has 3 aliphatic rings. The van der Waals surface area contributed by atoms with Crippen molar-refractivity contribution in [1.29, 1.82) is 0 Å². The monoisotopic (exact) mass is 413 g/mol. The zero-order valence-electron chi connectivity index (χ0n) is 16.1. The predicted octanol–water partition coefficient (Wildman–Crippen LogP) is 3.29. The first-order valence-electron chi connectivity index (χ1n) is 9.18. The van der Waals surface area contributed by atoms with E-state index in [1.807, 2.05) is 13.8 Å². The Labute approximate surface area is 168 Å². The molecule has 1 N–H and O–H groups in total. The van der Waals surface area contributed by atoms with E-state index in [4.69, 9.17) is 40.0 Å². The summed E-state index contributed by atoms with van der Waals surface area (Å²) in [5.74, 6) is -1.57. The van der Waals surface area contributed by atoms with Gasteiger partial charge in [0.25, 0.3) is 0 Å². The largest absolute Gasteiger partial charge is 0.440 e. The fraction of sp³-hybridized carbons (Fsp3) is 0.632. The van der Waals surface area contributed by atoms with Crippen molar-refractivity contribution in [3.05, 3.63) is 29.3 Å². The normalized spacial score (nSPS) is 35.5. The third-order valence-electron chi connectivity index (χ3n) is 4.76. The number of ether oxygens (including phenoxy) is 6. The van der Waals surface area contributed by atoms with Crippen molar-refractivity contribution in [2.75, 3.05) is 11.9 Å². The maximum absolute atomic E-state index is 12.5. The molecule has 1 unspecified atom stereocenters. The highest BCUT2D eigenvalue weighted by molar-refractivity contribution is 6.30. The predicted molar refractivity (Wildman–Crippen MR) is 98.9 cm³/mol. The van der Waals surface area contributed by atoms with Gasteiger partial charge in [0, 0.05) is 10.7 Å². The van der Waals surface area contributed by atoms with Crippen LogP contribution in [0.25, 0.3) is 0 Å². The van der Waals surface area contributed by atoms with E-state index in [1.54, 1.807) is 38.1 Å². The summed E-state index contributed by atoms with van der Waals surface area (Å²) in [6.07, 6.45) is -3.56. The molecular formula is C19H24ClNO7. The Balaban J connectivity index is 1.48. The number of carbonyl (C=O) groups is 1. The summed E-state index contributed by atoms with van der Waals surface area (Å²) in [7, 11) is 0. The average molecular weight is 414 g/mol. The van der Waals surface area contributed by atoms with Crippen LogP contribution < -0.4 is 5.32 Å². The summed E-state index contributed by atoms with van der Waals surface area (Å²) in [5, 5.41) is 3.26. The average Bonchev–Trinajstić information content (AvgIpc) is 3.20. The van der Waals surface area contributed by atoms with Gasteiger partial charge in [-0.05, 0) is 52.0 Å². The van der Waals surface area contributed by atoms with Crippen LogP contribution in [0.15, 0.2) is 24.3 Å². The first-order valence-corrected chi connectivity index (χ1v) is 9.56. The van der Waals surface area contributed by atoms with Gasteiger partial charge in [0.1, 0.15) is 12.2 Å². The summed E-state index contributed by atoms with van der Waals surface area (Å²) in [6.45, 7) is 7.53. The van der Waals surface area contributed by atoms with Gasteiger partial charge >= 0.3 is 6.09 Å². The number of anilines is 1. The Kier molecular flexibility index (Phi) is 5.06. The molecule has 1 amide bonds. The van der Waals surface area contributed by atoms with Crippen LogP contribution in [0.4, 0.5) is 10.5 Å². The quantitative estimate of drug-likeness (QED) is 0.813. The Hall–Kier alpha value is -1.42. The molecule has 3 aliphatic heterocycles. The van der Waals surface area contributed by atoms with Crippen LogP contribution in [0.5, 0.6) is 0 Å².